The molecule has 7 heteroatoms. The maximum Gasteiger partial charge on any atom is 0.282 e. The molecule has 0 aromatic rings. The van der Waals surface area contributed by atoms with E-state index in [0.29, 0.717) is 13.1 Å². The van der Waals surface area contributed by atoms with E-state index in [-0.39, 0.29) is 18.5 Å². The van der Waals surface area contributed by atoms with E-state index in [1.165, 1.54) is 11.4 Å². The van der Waals surface area contributed by atoms with Crippen molar-refractivity contribution in [3.63, 3.8) is 0 Å². The van der Waals surface area contributed by atoms with Crippen LogP contribution in [0.2, 0.25) is 0 Å². The molecule has 0 atom stereocenters. The van der Waals surface area contributed by atoms with Gasteiger partial charge in [-0.2, -0.15) is 17.0 Å². The van der Waals surface area contributed by atoms with Crippen molar-refractivity contribution in [1.29, 1.82) is 0 Å². The van der Waals surface area contributed by atoms with Gasteiger partial charge < -0.3 is 5.32 Å². The second-order valence-corrected chi connectivity index (χ2v) is 7.33. The Labute approximate surface area is 116 Å². The topological polar surface area (TPSA) is 69.7 Å². The van der Waals surface area contributed by atoms with Crippen LogP contribution in [0, 0.1) is 0 Å². The van der Waals surface area contributed by atoms with E-state index in [2.05, 4.69) is 5.32 Å². The number of carbonyl (C=O) groups is 1. The highest BCUT2D eigenvalue weighted by Crippen LogP contribution is 2.15. The van der Waals surface area contributed by atoms with Gasteiger partial charge in [0.15, 0.2) is 0 Å². The molecule has 0 bridgehead atoms. The highest BCUT2D eigenvalue weighted by molar-refractivity contribution is 7.86. The number of carbonyl (C=O) groups excluding carboxylic acids is 1. The van der Waals surface area contributed by atoms with Crippen LogP contribution in [0.1, 0.15) is 39.5 Å². The number of nitrogens with zero attached hydrogens (tertiary/aromatic N) is 2. The fourth-order valence-electron chi connectivity index (χ4n) is 2.12. The molecular weight excluding hydrogens is 266 g/mol. The van der Waals surface area contributed by atoms with Gasteiger partial charge in [-0.05, 0) is 26.7 Å². The van der Waals surface area contributed by atoms with Crippen LogP contribution in [0.3, 0.4) is 0 Å². The van der Waals surface area contributed by atoms with Gasteiger partial charge in [-0.1, -0.05) is 12.8 Å². The molecule has 0 radical (unpaired) electrons. The molecule has 1 fully saturated rings. The Hall–Kier alpha value is -0.660. The predicted molar refractivity (Wildman–Crippen MR) is 74.9 cm³/mol. The maximum absolute atomic E-state index is 12.3. The van der Waals surface area contributed by atoms with Gasteiger partial charge in [-0.3, -0.25) is 4.79 Å². The second kappa shape index (κ2) is 7.21. The third-order valence-electron chi connectivity index (χ3n) is 3.10. The average molecular weight is 291 g/mol. The molecule has 1 N–H and O–H groups in total. The number of hydrogen-bond donors (Lipinski definition) is 1. The first-order valence-corrected chi connectivity index (χ1v) is 8.24. The fourth-order valence-corrected chi connectivity index (χ4v) is 3.52. The molecule has 0 aromatic carbocycles. The van der Waals surface area contributed by atoms with Crippen LogP contribution in [0.4, 0.5) is 0 Å². The lowest BCUT2D eigenvalue weighted by Gasteiger charge is -2.26. The van der Waals surface area contributed by atoms with Crippen LogP contribution in [0.25, 0.3) is 0 Å². The van der Waals surface area contributed by atoms with E-state index in [0.717, 1.165) is 30.0 Å². The molecule has 0 saturated carbocycles. The zero-order chi connectivity index (χ0) is 14.5. The van der Waals surface area contributed by atoms with Crippen molar-refractivity contribution in [2.75, 3.05) is 26.7 Å². The minimum Gasteiger partial charge on any atom is -0.353 e. The highest BCUT2D eigenvalue weighted by Gasteiger charge is 2.28. The lowest BCUT2D eigenvalue weighted by Crippen LogP contribution is -2.47. The van der Waals surface area contributed by atoms with Crippen molar-refractivity contribution in [1.82, 2.24) is 13.9 Å². The maximum atomic E-state index is 12.3. The molecule has 1 aliphatic rings. The minimum absolute atomic E-state index is 0.0155. The van der Waals surface area contributed by atoms with E-state index in [1.807, 2.05) is 13.8 Å². The van der Waals surface area contributed by atoms with E-state index >= 15 is 0 Å². The third kappa shape index (κ3) is 5.08. The van der Waals surface area contributed by atoms with Crippen LogP contribution in [-0.2, 0) is 15.0 Å². The van der Waals surface area contributed by atoms with Crippen LogP contribution in [-0.4, -0.2) is 55.7 Å². The Morgan fingerprint density at radius 3 is 2.21 bits per heavy atom. The standard InChI is InChI=1S/C12H25N3O3S/c1-11(2)13-12(16)10-14(3)19(17,18)15-8-6-4-5-7-9-15/h11H,4-10H2,1-3H3,(H,13,16). The Morgan fingerprint density at radius 2 is 1.74 bits per heavy atom. The molecule has 19 heavy (non-hydrogen) atoms. The molecule has 1 heterocycles. The lowest BCUT2D eigenvalue weighted by molar-refractivity contribution is -0.121. The Balaban J connectivity index is 2.62. The minimum atomic E-state index is -3.51. The van der Waals surface area contributed by atoms with E-state index in [9.17, 15) is 13.2 Å². The summed E-state index contributed by atoms with van der Waals surface area (Å²) in [6.45, 7) is 4.68. The highest BCUT2D eigenvalue weighted by atomic mass is 32.2. The molecule has 0 spiro atoms. The van der Waals surface area contributed by atoms with E-state index < -0.39 is 10.2 Å². The van der Waals surface area contributed by atoms with Gasteiger partial charge in [0, 0.05) is 26.2 Å². The molecule has 6 nitrogen and oxygen atoms in total. The van der Waals surface area contributed by atoms with Crippen LogP contribution in [0.15, 0.2) is 0 Å². The van der Waals surface area contributed by atoms with Crippen LogP contribution in [0.5, 0.6) is 0 Å². The van der Waals surface area contributed by atoms with Gasteiger partial charge in [-0.15, -0.1) is 0 Å². The summed E-state index contributed by atoms with van der Waals surface area (Å²) >= 11 is 0. The summed E-state index contributed by atoms with van der Waals surface area (Å²) in [5, 5.41) is 2.70. The molecule has 0 unspecified atom stereocenters. The first-order valence-electron chi connectivity index (χ1n) is 6.85. The van der Waals surface area contributed by atoms with Crippen LogP contribution >= 0.6 is 0 Å². The number of amides is 1. The van der Waals surface area contributed by atoms with Crippen molar-refractivity contribution < 1.29 is 13.2 Å². The monoisotopic (exact) mass is 291 g/mol. The molecule has 1 rings (SSSR count). The Morgan fingerprint density at radius 1 is 1.21 bits per heavy atom. The van der Waals surface area contributed by atoms with E-state index in [1.54, 1.807) is 0 Å². The summed E-state index contributed by atoms with van der Waals surface area (Å²) in [7, 11) is -2.05. The normalized spacial score (nSPS) is 18.6. The van der Waals surface area contributed by atoms with Crippen LogP contribution < -0.4 is 5.32 Å². The lowest BCUT2D eigenvalue weighted by atomic mass is 10.2. The Kier molecular flexibility index (Phi) is 6.22. The summed E-state index contributed by atoms with van der Waals surface area (Å²) in [5.41, 5.74) is 0. The van der Waals surface area contributed by atoms with E-state index in [4.69, 9.17) is 0 Å². The molecular formula is C12H25N3O3S. The zero-order valence-electron chi connectivity index (χ0n) is 12.1. The van der Waals surface area contributed by atoms with Gasteiger partial charge in [0.05, 0.1) is 6.54 Å². The second-order valence-electron chi connectivity index (χ2n) is 5.30. The fraction of sp³-hybridized carbons (Fsp3) is 0.917. The summed E-state index contributed by atoms with van der Waals surface area (Å²) in [6, 6.07) is 0.0155. The SMILES string of the molecule is CC(C)NC(=O)CN(C)S(=O)(=O)N1CCCCCC1. The number of rotatable bonds is 5. The molecule has 1 saturated heterocycles. The zero-order valence-corrected chi connectivity index (χ0v) is 12.9. The quantitative estimate of drug-likeness (QED) is 0.805. The third-order valence-corrected chi connectivity index (χ3v) is 5.04. The summed E-state index contributed by atoms with van der Waals surface area (Å²) in [4.78, 5) is 11.6. The summed E-state index contributed by atoms with van der Waals surface area (Å²) < 4.78 is 27.3. The molecule has 0 aliphatic carbocycles. The summed E-state index contributed by atoms with van der Waals surface area (Å²) in [5.74, 6) is -0.268. The molecule has 0 aromatic heterocycles. The van der Waals surface area contributed by atoms with Crippen molar-refractivity contribution in [3.8, 4) is 0 Å². The van der Waals surface area contributed by atoms with Crippen molar-refractivity contribution in [2.45, 2.75) is 45.6 Å². The first-order chi connectivity index (χ1) is 8.84. The molecule has 112 valence electrons. The molecule has 1 aliphatic heterocycles. The number of nitrogens with one attached hydrogen (secondary N) is 1. The number of hydrogen-bond acceptors (Lipinski definition) is 3. The molecule has 1 amide bonds. The van der Waals surface area contributed by atoms with Gasteiger partial charge in [0.1, 0.15) is 0 Å². The van der Waals surface area contributed by atoms with Gasteiger partial charge in [0.25, 0.3) is 10.2 Å². The van der Waals surface area contributed by atoms with Crippen molar-refractivity contribution >= 4 is 16.1 Å². The number of likely N-dealkylation sites (N-methyl/N-ethyl adjacent to an activating group) is 1. The predicted octanol–water partition coefficient (Wildman–Crippen LogP) is 0.564. The smallest absolute Gasteiger partial charge is 0.282 e. The van der Waals surface area contributed by atoms with Gasteiger partial charge in [-0.25, -0.2) is 0 Å². The Bertz CT molecular complexity index is 387. The van der Waals surface area contributed by atoms with Crippen molar-refractivity contribution in [2.24, 2.45) is 0 Å². The van der Waals surface area contributed by atoms with Crippen molar-refractivity contribution in [3.05, 3.63) is 0 Å². The van der Waals surface area contributed by atoms with Gasteiger partial charge >= 0.3 is 0 Å². The first kappa shape index (κ1) is 16.4. The summed E-state index contributed by atoms with van der Waals surface area (Å²) in [6.07, 6.45) is 3.93. The van der Waals surface area contributed by atoms with Gasteiger partial charge in [0.2, 0.25) is 5.91 Å². The average Bonchev–Trinajstić information content (AvgIpc) is 2.56. The largest absolute Gasteiger partial charge is 0.353 e.